The lowest BCUT2D eigenvalue weighted by Gasteiger charge is -2.15. The summed E-state index contributed by atoms with van der Waals surface area (Å²) in [7, 11) is 0. The number of rotatable bonds is 9. The monoisotopic (exact) mass is 297 g/mol. The average Bonchev–Trinajstić information content (AvgIpc) is 2.41. The Kier molecular flexibility index (Phi) is 7.45. The van der Waals surface area contributed by atoms with Crippen molar-refractivity contribution >= 4 is 23.3 Å². The van der Waals surface area contributed by atoms with Crippen LogP contribution in [0.3, 0.4) is 0 Å². The molecule has 4 heteroatoms. The molecular formula is C16H24ClNO2. The van der Waals surface area contributed by atoms with E-state index in [1.165, 1.54) is 25.7 Å². The molecule has 0 aliphatic heterocycles. The van der Waals surface area contributed by atoms with Crippen LogP contribution in [0.25, 0.3) is 0 Å². The van der Waals surface area contributed by atoms with Crippen LogP contribution < -0.4 is 5.73 Å². The molecule has 0 spiro atoms. The van der Waals surface area contributed by atoms with E-state index in [1.54, 1.807) is 18.2 Å². The van der Waals surface area contributed by atoms with Crippen molar-refractivity contribution in [1.29, 1.82) is 0 Å². The molecule has 1 atom stereocenters. The Labute approximate surface area is 126 Å². The number of para-hydroxylation sites is 1. The lowest BCUT2D eigenvalue weighted by atomic mass is 9.91. The van der Waals surface area contributed by atoms with Crippen LogP contribution in [-0.4, -0.2) is 11.1 Å². The predicted octanol–water partition coefficient (Wildman–Crippen LogP) is 4.84. The predicted molar refractivity (Wildman–Crippen MR) is 84.2 cm³/mol. The van der Waals surface area contributed by atoms with Crippen molar-refractivity contribution in [1.82, 2.24) is 0 Å². The summed E-state index contributed by atoms with van der Waals surface area (Å²) in [5.41, 5.74) is 6.93. The molecule has 0 heterocycles. The van der Waals surface area contributed by atoms with E-state index in [9.17, 15) is 9.90 Å². The zero-order valence-electron chi connectivity index (χ0n) is 12.1. The minimum Gasteiger partial charge on any atom is -0.481 e. The molecule has 0 saturated heterocycles. The van der Waals surface area contributed by atoms with Gasteiger partial charge in [-0.25, -0.2) is 0 Å². The minimum absolute atomic E-state index is 0.396. The van der Waals surface area contributed by atoms with Gasteiger partial charge in [0.05, 0.1) is 16.6 Å². The first-order chi connectivity index (χ1) is 9.57. The Balaban J connectivity index is 2.57. The normalized spacial score (nSPS) is 12.3. The van der Waals surface area contributed by atoms with Crippen molar-refractivity contribution in [2.24, 2.45) is 0 Å². The molecule has 0 aliphatic rings. The molecule has 1 rings (SSSR count). The van der Waals surface area contributed by atoms with Gasteiger partial charge in [-0.1, -0.05) is 69.2 Å². The van der Waals surface area contributed by atoms with Crippen LogP contribution in [0, 0.1) is 0 Å². The molecule has 112 valence electrons. The Morgan fingerprint density at radius 2 is 1.90 bits per heavy atom. The third-order valence-electron chi connectivity index (χ3n) is 3.61. The summed E-state index contributed by atoms with van der Waals surface area (Å²) in [5, 5.41) is 9.81. The summed E-state index contributed by atoms with van der Waals surface area (Å²) < 4.78 is 0. The first kappa shape index (κ1) is 16.8. The second-order valence-electron chi connectivity index (χ2n) is 5.19. The van der Waals surface area contributed by atoms with Crippen LogP contribution in [-0.2, 0) is 4.79 Å². The summed E-state index contributed by atoms with van der Waals surface area (Å²) in [6.45, 7) is 2.18. The van der Waals surface area contributed by atoms with Gasteiger partial charge in [-0.05, 0) is 18.1 Å². The number of nitrogen functional groups attached to an aromatic ring is 1. The van der Waals surface area contributed by atoms with Gasteiger partial charge >= 0.3 is 5.97 Å². The van der Waals surface area contributed by atoms with Crippen molar-refractivity contribution in [3.05, 3.63) is 28.8 Å². The second kappa shape index (κ2) is 8.85. The molecule has 0 radical (unpaired) electrons. The molecule has 0 aromatic heterocycles. The topological polar surface area (TPSA) is 63.3 Å². The van der Waals surface area contributed by atoms with Crippen molar-refractivity contribution in [2.45, 2.75) is 57.8 Å². The largest absolute Gasteiger partial charge is 0.481 e. The van der Waals surface area contributed by atoms with Crippen LogP contribution in [0.1, 0.15) is 63.4 Å². The fourth-order valence-corrected chi connectivity index (χ4v) is 2.58. The molecule has 0 saturated carbocycles. The standard InChI is InChI=1S/C16H24ClNO2/c1-2-3-4-5-6-7-9-13(16(19)20)12-10-8-11-14(17)15(12)18/h8,10-11,13H,2-7,9,18H2,1H3,(H,19,20). The molecular weight excluding hydrogens is 274 g/mol. The first-order valence-electron chi connectivity index (χ1n) is 7.34. The molecule has 0 aliphatic carbocycles. The summed E-state index contributed by atoms with van der Waals surface area (Å²) in [6, 6.07) is 5.20. The molecule has 0 amide bonds. The van der Waals surface area contributed by atoms with Gasteiger partial charge < -0.3 is 10.8 Å². The number of carboxylic acids is 1. The van der Waals surface area contributed by atoms with E-state index in [4.69, 9.17) is 17.3 Å². The highest BCUT2D eigenvalue weighted by Crippen LogP contribution is 2.32. The second-order valence-corrected chi connectivity index (χ2v) is 5.60. The maximum Gasteiger partial charge on any atom is 0.311 e. The fourth-order valence-electron chi connectivity index (χ4n) is 2.40. The van der Waals surface area contributed by atoms with Crippen LogP contribution >= 0.6 is 11.6 Å². The zero-order valence-corrected chi connectivity index (χ0v) is 12.8. The van der Waals surface area contributed by atoms with E-state index < -0.39 is 11.9 Å². The van der Waals surface area contributed by atoms with E-state index in [0.29, 0.717) is 22.7 Å². The number of aliphatic carboxylic acids is 1. The van der Waals surface area contributed by atoms with Crippen LogP contribution in [0.5, 0.6) is 0 Å². The van der Waals surface area contributed by atoms with E-state index in [2.05, 4.69) is 6.92 Å². The molecule has 1 aromatic carbocycles. The minimum atomic E-state index is -0.826. The maximum atomic E-state index is 11.4. The smallest absolute Gasteiger partial charge is 0.311 e. The van der Waals surface area contributed by atoms with Crippen molar-refractivity contribution < 1.29 is 9.90 Å². The third kappa shape index (κ3) is 5.04. The highest BCUT2D eigenvalue weighted by Gasteiger charge is 2.22. The van der Waals surface area contributed by atoms with Gasteiger partial charge in [0.25, 0.3) is 0 Å². The molecule has 20 heavy (non-hydrogen) atoms. The van der Waals surface area contributed by atoms with Crippen molar-refractivity contribution in [2.75, 3.05) is 5.73 Å². The van der Waals surface area contributed by atoms with E-state index >= 15 is 0 Å². The molecule has 1 aromatic rings. The maximum absolute atomic E-state index is 11.4. The number of hydrogen-bond acceptors (Lipinski definition) is 2. The Bertz CT molecular complexity index is 434. The van der Waals surface area contributed by atoms with Crippen LogP contribution in [0.15, 0.2) is 18.2 Å². The van der Waals surface area contributed by atoms with Crippen LogP contribution in [0.2, 0.25) is 5.02 Å². The van der Waals surface area contributed by atoms with E-state index in [0.717, 1.165) is 12.8 Å². The highest BCUT2D eigenvalue weighted by molar-refractivity contribution is 6.33. The summed E-state index contributed by atoms with van der Waals surface area (Å²) in [6.07, 6.45) is 7.47. The number of carboxylic acid groups (broad SMARTS) is 1. The molecule has 0 bridgehead atoms. The van der Waals surface area contributed by atoms with Gasteiger partial charge in [-0.2, -0.15) is 0 Å². The molecule has 3 nitrogen and oxygen atoms in total. The van der Waals surface area contributed by atoms with Gasteiger partial charge in [0.15, 0.2) is 0 Å². The van der Waals surface area contributed by atoms with Gasteiger partial charge in [0, 0.05) is 0 Å². The third-order valence-corrected chi connectivity index (χ3v) is 3.94. The molecule has 0 fully saturated rings. The number of halogens is 1. The number of benzene rings is 1. The van der Waals surface area contributed by atoms with E-state index in [-0.39, 0.29) is 0 Å². The Morgan fingerprint density at radius 1 is 1.25 bits per heavy atom. The Morgan fingerprint density at radius 3 is 2.55 bits per heavy atom. The lowest BCUT2D eigenvalue weighted by molar-refractivity contribution is -0.139. The summed E-state index contributed by atoms with van der Waals surface area (Å²) >= 11 is 5.96. The van der Waals surface area contributed by atoms with E-state index in [1.807, 2.05) is 0 Å². The molecule has 3 N–H and O–H groups in total. The van der Waals surface area contributed by atoms with Crippen molar-refractivity contribution in [3.8, 4) is 0 Å². The Hall–Kier alpha value is -1.22. The SMILES string of the molecule is CCCCCCCCC(C(=O)O)c1cccc(Cl)c1N. The van der Waals surface area contributed by atoms with Crippen LogP contribution in [0.4, 0.5) is 5.69 Å². The highest BCUT2D eigenvalue weighted by atomic mass is 35.5. The number of carbonyl (C=O) groups is 1. The van der Waals surface area contributed by atoms with Gasteiger partial charge in [0.2, 0.25) is 0 Å². The quantitative estimate of drug-likeness (QED) is 0.506. The number of nitrogens with two attached hydrogens (primary N) is 1. The first-order valence-corrected chi connectivity index (χ1v) is 7.72. The van der Waals surface area contributed by atoms with Gasteiger partial charge in [-0.3, -0.25) is 4.79 Å². The van der Waals surface area contributed by atoms with Gasteiger partial charge in [0.1, 0.15) is 0 Å². The summed E-state index contributed by atoms with van der Waals surface area (Å²) in [5.74, 6) is -1.38. The number of unbranched alkanes of at least 4 members (excludes halogenated alkanes) is 5. The number of hydrogen-bond donors (Lipinski definition) is 2. The molecule has 1 unspecified atom stereocenters. The average molecular weight is 298 g/mol. The van der Waals surface area contributed by atoms with Crippen molar-refractivity contribution in [3.63, 3.8) is 0 Å². The fraction of sp³-hybridized carbons (Fsp3) is 0.562. The van der Waals surface area contributed by atoms with Gasteiger partial charge in [-0.15, -0.1) is 0 Å². The lowest BCUT2D eigenvalue weighted by Crippen LogP contribution is -2.13. The number of anilines is 1. The zero-order chi connectivity index (χ0) is 15.0. The summed E-state index contributed by atoms with van der Waals surface area (Å²) in [4.78, 5) is 11.4.